The van der Waals surface area contributed by atoms with E-state index in [-0.39, 0.29) is 0 Å². The van der Waals surface area contributed by atoms with Crippen molar-refractivity contribution < 1.29 is 9.59 Å². The summed E-state index contributed by atoms with van der Waals surface area (Å²) < 4.78 is 1.56. The molecule has 0 unspecified atom stereocenters. The summed E-state index contributed by atoms with van der Waals surface area (Å²) in [5, 5.41) is 0. The smallest absolute Gasteiger partial charge is 0.330 e. The average Bonchev–Trinajstić information content (AvgIpc) is 2.18. The van der Waals surface area contributed by atoms with Gasteiger partial charge in [0.15, 0.2) is 0 Å². The summed E-state index contributed by atoms with van der Waals surface area (Å²) in [5.74, 6) is -0.417. The van der Waals surface area contributed by atoms with Crippen molar-refractivity contribution in [2.75, 3.05) is 0 Å². The van der Waals surface area contributed by atoms with E-state index in [1.165, 1.54) is 0 Å². The number of amides is 3. The molecule has 15 heavy (non-hydrogen) atoms. The van der Waals surface area contributed by atoms with Gasteiger partial charge in [0, 0.05) is 8.04 Å². The number of nitrogens with one attached hydrogen (secondary N) is 2. The number of rotatable bonds is 1. The Labute approximate surface area is 108 Å². The Morgan fingerprint density at radius 3 is 2.60 bits per heavy atom. The molecule has 0 saturated heterocycles. The van der Waals surface area contributed by atoms with Gasteiger partial charge in [0.05, 0.1) is 5.56 Å². The molecular weight excluding hydrogens is 377 g/mol. The Balaban J connectivity index is 2.81. The van der Waals surface area contributed by atoms with E-state index < -0.39 is 11.9 Å². The topological polar surface area (TPSA) is 84.2 Å². The second-order valence-electron chi connectivity index (χ2n) is 2.57. The van der Waals surface area contributed by atoms with Crippen LogP contribution in [0.15, 0.2) is 22.7 Å². The van der Waals surface area contributed by atoms with E-state index >= 15 is 0 Å². The van der Waals surface area contributed by atoms with Gasteiger partial charge in [0.25, 0.3) is 5.91 Å². The molecule has 3 amide bonds. The highest BCUT2D eigenvalue weighted by atomic mass is 127. The van der Waals surface area contributed by atoms with Crippen molar-refractivity contribution in [3.8, 4) is 0 Å². The minimum absolute atomic E-state index is 0.417. The van der Waals surface area contributed by atoms with E-state index in [0.29, 0.717) is 5.56 Å². The molecule has 0 atom stereocenters. The Kier molecular flexibility index (Phi) is 4.33. The van der Waals surface area contributed by atoms with E-state index in [4.69, 9.17) is 5.73 Å². The average molecular weight is 384 g/mol. The lowest BCUT2D eigenvalue weighted by Gasteiger charge is -2.06. The van der Waals surface area contributed by atoms with Crippen molar-refractivity contribution in [1.82, 2.24) is 10.9 Å². The number of hydrogen-bond donors (Lipinski definition) is 3. The maximum atomic E-state index is 11.5. The first kappa shape index (κ1) is 12.2. The lowest BCUT2D eigenvalue weighted by molar-refractivity contribution is 0.0936. The summed E-state index contributed by atoms with van der Waals surface area (Å²) in [7, 11) is 0. The molecule has 0 saturated carbocycles. The molecule has 1 aromatic rings. The number of carbonyl (C=O) groups excluding carboxylic acids is 2. The highest BCUT2D eigenvalue weighted by Crippen LogP contribution is 2.17. The molecule has 80 valence electrons. The van der Waals surface area contributed by atoms with Gasteiger partial charge in [-0.1, -0.05) is 15.9 Å². The number of carbonyl (C=O) groups is 2. The van der Waals surface area contributed by atoms with Gasteiger partial charge in [-0.25, -0.2) is 10.2 Å². The van der Waals surface area contributed by atoms with Gasteiger partial charge in [0.2, 0.25) is 0 Å². The summed E-state index contributed by atoms with van der Waals surface area (Å²) >= 11 is 5.27. The number of benzene rings is 1. The van der Waals surface area contributed by atoms with Crippen LogP contribution in [0.25, 0.3) is 0 Å². The van der Waals surface area contributed by atoms with Crippen LogP contribution in [0.1, 0.15) is 10.4 Å². The lowest BCUT2D eigenvalue weighted by atomic mass is 10.2. The van der Waals surface area contributed by atoms with Gasteiger partial charge >= 0.3 is 6.03 Å². The van der Waals surface area contributed by atoms with E-state index in [1.807, 2.05) is 34.1 Å². The zero-order chi connectivity index (χ0) is 11.4. The maximum absolute atomic E-state index is 11.5. The molecule has 0 aliphatic carbocycles. The number of halogens is 2. The number of hydrogen-bond acceptors (Lipinski definition) is 2. The van der Waals surface area contributed by atoms with E-state index in [1.54, 1.807) is 12.1 Å². The van der Waals surface area contributed by atoms with E-state index in [2.05, 4.69) is 21.4 Å². The van der Waals surface area contributed by atoms with E-state index in [9.17, 15) is 9.59 Å². The largest absolute Gasteiger partial charge is 0.350 e. The number of primary amides is 1. The number of hydrazine groups is 1. The molecule has 0 radical (unpaired) electrons. The summed E-state index contributed by atoms with van der Waals surface area (Å²) in [6, 6.07) is 4.44. The van der Waals surface area contributed by atoms with Crippen LogP contribution in [0.5, 0.6) is 0 Å². The normalized spacial score (nSPS) is 9.47. The summed E-state index contributed by atoms with van der Waals surface area (Å²) in [6.07, 6.45) is 0. The van der Waals surface area contributed by atoms with E-state index in [0.717, 1.165) is 8.04 Å². The molecule has 0 aliphatic heterocycles. The first-order valence-corrected chi connectivity index (χ1v) is 5.68. The Morgan fingerprint density at radius 2 is 2.00 bits per heavy atom. The molecule has 1 aromatic carbocycles. The molecule has 0 bridgehead atoms. The summed E-state index contributed by atoms with van der Waals surface area (Å²) in [5.41, 5.74) is 9.46. The standard InChI is InChI=1S/C8H7BrIN3O2/c9-4-1-2-6(10)5(3-4)7(14)12-13-8(11)15/h1-3H,(H,12,14)(H3,11,13,15). The van der Waals surface area contributed by atoms with Crippen LogP contribution in [-0.2, 0) is 0 Å². The van der Waals surface area contributed by atoms with Crippen LogP contribution in [0.4, 0.5) is 4.79 Å². The second kappa shape index (κ2) is 5.31. The Hall–Kier alpha value is -0.830. The van der Waals surface area contributed by atoms with Gasteiger partial charge in [-0.05, 0) is 40.8 Å². The van der Waals surface area contributed by atoms with Crippen molar-refractivity contribution in [3.63, 3.8) is 0 Å². The zero-order valence-electron chi connectivity index (χ0n) is 7.38. The van der Waals surface area contributed by atoms with Crippen LogP contribution in [-0.4, -0.2) is 11.9 Å². The molecule has 7 heteroatoms. The van der Waals surface area contributed by atoms with Crippen LogP contribution >= 0.6 is 38.5 Å². The summed E-state index contributed by atoms with van der Waals surface area (Å²) in [6.45, 7) is 0. The molecule has 0 fully saturated rings. The molecule has 5 nitrogen and oxygen atoms in total. The SMILES string of the molecule is NC(=O)NNC(=O)c1cc(Br)ccc1I. The quantitative estimate of drug-likeness (QED) is 0.505. The van der Waals surface area contributed by atoms with Gasteiger partial charge in [-0.15, -0.1) is 0 Å². The minimum Gasteiger partial charge on any atom is -0.350 e. The Bertz CT molecular complexity index is 411. The zero-order valence-corrected chi connectivity index (χ0v) is 11.1. The fourth-order valence-electron chi connectivity index (χ4n) is 0.857. The van der Waals surface area contributed by atoms with Crippen molar-refractivity contribution in [1.29, 1.82) is 0 Å². The predicted octanol–water partition coefficient (Wildman–Crippen LogP) is 1.37. The third kappa shape index (κ3) is 3.67. The minimum atomic E-state index is -0.812. The maximum Gasteiger partial charge on any atom is 0.330 e. The molecule has 4 N–H and O–H groups in total. The monoisotopic (exact) mass is 383 g/mol. The van der Waals surface area contributed by atoms with Gasteiger partial charge in [-0.2, -0.15) is 0 Å². The third-order valence-corrected chi connectivity index (χ3v) is 2.91. The van der Waals surface area contributed by atoms with Gasteiger partial charge in [-0.3, -0.25) is 10.2 Å². The molecule has 0 aliphatic rings. The number of urea groups is 1. The van der Waals surface area contributed by atoms with Crippen LogP contribution < -0.4 is 16.6 Å². The Morgan fingerprint density at radius 1 is 1.33 bits per heavy atom. The second-order valence-corrected chi connectivity index (χ2v) is 4.65. The highest BCUT2D eigenvalue weighted by molar-refractivity contribution is 14.1. The van der Waals surface area contributed by atoms with Crippen LogP contribution in [0, 0.1) is 3.57 Å². The summed E-state index contributed by atoms with van der Waals surface area (Å²) in [4.78, 5) is 21.9. The van der Waals surface area contributed by atoms with Crippen molar-refractivity contribution >= 4 is 50.5 Å². The van der Waals surface area contributed by atoms with Crippen LogP contribution in [0.2, 0.25) is 0 Å². The van der Waals surface area contributed by atoms with Gasteiger partial charge in [0.1, 0.15) is 0 Å². The van der Waals surface area contributed by atoms with Gasteiger partial charge < -0.3 is 5.73 Å². The highest BCUT2D eigenvalue weighted by Gasteiger charge is 2.10. The molecular formula is C8H7BrIN3O2. The lowest BCUT2D eigenvalue weighted by Crippen LogP contribution is -2.44. The first-order valence-electron chi connectivity index (χ1n) is 3.81. The van der Waals surface area contributed by atoms with Crippen molar-refractivity contribution in [2.24, 2.45) is 5.73 Å². The first-order chi connectivity index (χ1) is 7.00. The van der Waals surface area contributed by atoms with Crippen molar-refractivity contribution in [3.05, 3.63) is 31.8 Å². The molecule has 0 spiro atoms. The number of nitrogens with two attached hydrogens (primary N) is 1. The molecule has 0 heterocycles. The van der Waals surface area contributed by atoms with Crippen molar-refractivity contribution in [2.45, 2.75) is 0 Å². The van der Waals surface area contributed by atoms with Crippen LogP contribution in [0.3, 0.4) is 0 Å². The fourth-order valence-corrected chi connectivity index (χ4v) is 1.80. The predicted molar refractivity (Wildman–Crippen MR) is 67.0 cm³/mol. The fraction of sp³-hybridized carbons (Fsp3) is 0. The molecule has 1 rings (SSSR count). The third-order valence-electron chi connectivity index (χ3n) is 1.47. The molecule has 0 aromatic heterocycles.